The number of furan rings is 1. The van der Waals surface area contributed by atoms with E-state index in [4.69, 9.17) is 4.42 Å². The van der Waals surface area contributed by atoms with E-state index in [9.17, 15) is 4.79 Å². The van der Waals surface area contributed by atoms with Gasteiger partial charge in [-0.05, 0) is 25.1 Å². The van der Waals surface area contributed by atoms with Crippen LogP contribution in [0.15, 0.2) is 22.8 Å². The highest BCUT2D eigenvalue weighted by Gasteiger charge is 2.09. The molecule has 0 radical (unpaired) electrons. The number of carbonyl (C=O) groups is 1. The van der Waals surface area contributed by atoms with Gasteiger partial charge in [0, 0.05) is 19.5 Å². The fourth-order valence-corrected chi connectivity index (χ4v) is 1.55. The number of rotatable bonds is 7. The predicted octanol–water partition coefficient (Wildman–Crippen LogP) is 2.02. The molecule has 0 aliphatic carbocycles. The zero-order chi connectivity index (χ0) is 12.7. The monoisotopic (exact) mass is 238 g/mol. The molecule has 4 nitrogen and oxygen atoms in total. The summed E-state index contributed by atoms with van der Waals surface area (Å²) < 4.78 is 5.21. The van der Waals surface area contributed by atoms with Gasteiger partial charge in [0.15, 0.2) is 0 Å². The Labute approximate surface area is 103 Å². The lowest BCUT2D eigenvalue weighted by Crippen LogP contribution is -2.28. The minimum atomic E-state index is 0.159. The molecule has 0 aromatic carbocycles. The van der Waals surface area contributed by atoms with Crippen molar-refractivity contribution < 1.29 is 9.21 Å². The number of nitrogens with zero attached hydrogens (tertiary/aromatic N) is 1. The van der Waals surface area contributed by atoms with Crippen molar-refractivity contribution in [2.75, 3.05) is 13.6 Å². The molecule has 17 heavy (non-hydrogen) atoms. The van der Waals surface area contributed by atoms with E-state index in [1.807, 2.05) is 12.1 Å². The molecule has 0 aliphatic heterocycles. The molecule has 4 heteroatoms. The van der Waals surface area contributed by atoms with Crippen LogP contribution in [0.1, 0.15) is 32.4 Å². The molecule has 1 aromatic heterocycles. The number of nitrogens with one attached hydrogen (secondary N) is 1. The van der Waals surface area contributed by atoms with Gasteiger partial charge < -0.3 is 14.6 Å². The van der Waals surface area contributed by atoms with Crippen molar-refractivity contribution in [1.29, 1.82) is 0 Å². The van der Waals surface area contributed by atoms with Crippen LogP contribution in [0.25, 0.3) is 0 Å². The molecular formula is C13H22N2O2. The number of hydrogen-bond donors (Lipinski definition) is 1. The van der Waals surface area contributed by atoms with Crippen LogP contribution in [0.2, 0.25) is 0 Å². The van der Waals surface area contributed by atoms with Gasteiger partial charge in [0.1, 0.15) is 5.76 Å². The molecule has 0 aliphatic rings. The highest BCUT2D eigenvalue weighted by atomic mass is 16.3. The molecule has 1 heterocycles. The molecule has 96 valence electrons. The molecule has 0 bridgehead atoms. The normalized spacial score (nSPS) is 10.8. The molecule has 1 aromatic rings. The van der Waals surface area contributed by atoms with Crippen molar-refractivity contribution >= 4 is 5.91 Å². The lowest BCUT2D eigenvalue weighted by Gasteiger charge is -2.16. The van der Waals surface area contributed by atoms with Crippen LogP contribution < -0.4 is 5.32 Å². The Kier molecular flexibility index (Phi) is 5.77. The third kappa shape index (κ3) is 5.54. The van der Waals surface area contributed by atoms with E-state index in [0.29, 0.717) is 19.0 Å². The van der Waals surface area contributed by atoms with Crippen molar-refractivity contribution in [2.45, 2.75) is 39.3 Å². The summed E-state index contributed by atoms with van der Waals surface area (Å²) in [6.45, 7) is 5.64. The summed E-state index contributed by atoms with van der Waals surface area (Å²) in [5.74, 6) is 0.980. The molecule has 0 fully saturated rings. The first kappa shape index (κ1) is 13.8. The fraction of sp³-hybridized carbons (Fsp3) is 0.615. The second-order valence-corrected chi connectivity index (χ2v) is 4.54. The Balaban J connectivity index is 2.18. The maximum atomic E-state index is 11.8. The molecular weight excluding hydrogens is 216 g/mol. The Morgan fingerprint density at radius 1 is 1.53 bits per heavy atom. The minimum absolute atomic E-state index is 0.159. The first-order valence-corrected chi connectivity index (χ1v) is 6.09. The third-order valence-electron chi connectivity index (χ3n) is 2.52. The van der Waals surface area contributed by atoms with Gasteiger partial charge in [0.05, 0.1) is 12.8 Å². The molecule has 0 unspecified atom stereocenters. The van der Waals surface area contributed by atoms with E-state index >= 15 is 0 Å². The van der Waals surface area contributed by atoms with Crippen LogP contribution in [0, 0.1) is 0 Å². The maximum absolute atomic E-state index is 11.8. The zero-order valence-corrected chi connectivity index (χ0v) is 10.9. The van der Waals surface area contributed by atoms with Crippen LogP contribution >= 0.6 is 0 Å². The van der Waals surface area contributed by atoms with E-state index in [0.717, 1.165) is 18.7 Å². The van der Waals surface area contributed by atoms with Gasteiger partial charge in [-0.1, -0.05) is 13.8 Å². The Bertz CT molecular complexity index is 320. The third-order valence-corrected chi connectivity index (χ3v) is 2.52. The van der Waals surface area contributed by atoms with Crippen LogP contribution in [0.3, 0.4) is 0 Å². The van der Waals surface area contributed by atoms with Gasteiger partial charge >= 0.3 is 0 Å². The first-order valence-electron chi connectivity index (χ1n) is 6.09. The second kappa shape index (κ2) is 7.12. The van der Waals surface area contributed by atoms with E-state index in [2.05, 4.69) is 19.2 Å². The van der Waals surface area contributed by atoms with Crippen molar-refractivity contribution in [2.24, 2.45) is 0 Å². The predicted molar refractivity (Wildman–Crippen MR) is 67.6 cm³/mol. The van der Waals surface area contributed by atoms with Gasteiger partial charge in [-0.2, -0.15) is 0 Å². The van der Waals surface area contributed by atoms with Gasteiger partial charge in [-0.3, -0.25) is 4.79 Å². The number of hydrogen-bond acceptors (Lipinski definition) is 3. The molecule has 0 saturated carbocycles. The fourth-order valence-electron chi connectivity index (χ4n) is 1.55. The SMILES string of the molecule is CC(C)NCCCC(=O)N(C)Cc1ccco1. The van der Waals surface area contributed by atoms with Gasteiger partial charge in [-0.25, -0.2) is 0 Å². The number of carbonyl (C=O) groups excluding carboxylic acids is 1. The smallest absolute Gasteiger partial charge is 0.222 e. The standard InChI is InChI=1S/C13H22N2O2/c1-11(2)14-8-4-7-13(16)15(3)10-12-6-5-9-17-12/h5-6,9,11,14H,4,7-8,10H2,1-3H3. The summed E-state index contributed by atoms with van der Waals surface area (Å²) in [7, 11) is 1.81. The summed E-state index contributed by atoms with van der Waals surface area (Å²) in [6, 6.07) is 4.19. The van der Waals surface area contributed by atoms with Crippen LogP contribution in [0.5, 0.6) is 0 Å². The molecule has 1 amide bonds. The van der Waals surface area contributed by atoms with Crippen LogP contribution in [0.4, 0.5) is 0 Å². The highest BCUT2D eigenvalue weighted by molar-refractivity contribution is 5.75. The van der Waals surface area contributed by atoms with E-state index in [-0.39, 0.29) is 5.91 Å². The maximum Gasteiger partial charge on any atom is 0.222 e. The summed E-state index contributed by atoms with van der Waals surface area (Å²) in [6.07, 6.45) is 3.08. The lowest BCUT2D eigenvalue weighted by molar-refractivity contribution is -0.130. The molecule has 0 atom stereocenters. The average molecular weight is 238 g/mol. The minimum Gasteiger partial charge on any atom is -0.467 e. The van der Waals surface area contributed by atoms with Crippen LogP contribution in [-0.2, 0) is 11.3 Å². The van der Waals surface area contributed by atoms with Gasteiger partial charge in [0.2, 0.25) is 5.91 Å². The summed E-state index contributed by atoms with van der Waals surface area (Å²) in [5.41, 5.74) is 0. The first-order chi connectivity index (χ1) is 8.09. The Morgan fingerprint density at radius 2 is 2.29 bits per heavy atom. The van der Waals surface area contributed by atoms with E-state index in [1.165, 1.54) is 0 Å². The van der Waals surface area contributed by atoms with Crippen molar-refractivity contribution in [3.05, 3.63) is 24.2 Å². The molecule has 1 rings (SSSR count). The van der Waals surface area contributed by atoms with Crippen molar-refractivity contribution in [3.63, 3.8) is 0 Å². The van der Waals surface area contributed by atoms with Crippen molar-refractivity contribution in [1.82, 2.24) is 10.2 Å². The van der Waals surface area contributed by atoms with E-state index < -0.39 is 0 Å². The summed E-state index contributed by atoms with van der Waals surface area (Å²) in [5, 5.41) is 3.30. The molecule has 1 N–H and O–H groups in total. The topological polar surface area (TPSA) is 45.5 Å². The summed E-state index contributed by atoms with van der Waals surface area (Å²) in [4.78, 5) is 13.5. The zero-order valence-electron chi connectivity index (χ0n) is 10.9. The van der Waals surface area contributed by atoms with Gasteiger partial charge in [0.25, 0.3) is 0 Å². The average Bonchev–Trinajstić information content (AvgIpc) is 2.76. The van der Waals surface area contributed by atoms with Crippen LogP contribution in [-0.4, -0.2) is 30.4 Å². The number of amides is 1. The van der Waals surface area contributed by atoms with Crippen molar-refractivity contribution in [3.8, 4) is 0 Å². The lowest BCUT2D eigenvalue weighted by atomic mass is 10.2. The Hall–Kier alpha value is -1.29. The highest BCUT2D eigenvalue weighted by Crippen LogP contribution is 2.05. The molecule has 0 spiro atoms. The quantitative estimate of drug-likeness (QED) is 0.739. The second-order valence-electron chi connectivity index (χ2n) is 4.54. The Morgan fingerprint density at radius 3 is 2.88 bits per heavy atom. The largest absolute Gasteiger partial charge is 0.467 e. The van der Waals surface area contributed by atoms with Gasteiger partial charge in [-0.15, -0.1) is 0 Å². The summed E-state index contributed by atoms with van der Waals surface area (Å²) >= 11 is 0. The molecule has 0 saturated heterocycles. The van der Waals surface area contributed by atoms with E-state index in [1.54, 1.807) is 18.2 Å².